The van der Waals surface area contributed by atoms with Crippen LogP contribution in [-0.4, -0.2) is 16.0 Å². The summed E-state index contributed by atoms with van der Waals surface area (Å²) in [6.07, 6.45) is 0. The zero-order valence-corrected chi connectivity index (χ0v) is 19.3. The van der Waals surface area contributed by atoms with E-state index in [0.29, 0.717) is 0 Å². The number of rotatable bonds is 6. The van der Waals surface area contributed by atoms with Gasteiger partial charge < -0.3 is 31.2 Å². The highest BCUT2D eigenvalue weighted by molar-refractivity contribution is 6.10. The Bertz CT molecular complexity index is 1530. The standard InChI is InChI=1S/C25H12F8N2O5/c26-15-13(16(27)20(31)24(19(15)30)39-7-1-3-11(36)9(34)5-7)23(38)14-17(28)21(32)25(22(33)18(14)29)40-8-2-4-12(37)10(35)6-8/h1-6,36-37H,34-35H2. The summed E-state index contributed by atoms with van der Waals surface area (Å²) in [5.41, 5.74) is 5.57. The Morgan fingerprint density at radius 2 is 0.850 bits per heavy atom. The van der Waals surface area contributed by atoms with Crippen LogP contribution in [0, 0.1) is 46.5 Å². The van der Waals surface area contributed by atoms with Crippen molar-refractivity contribution in [1.82, 2.24) is 0 Å². The zero-order chi connectivity index (χ0) is 29.6. The van der Waals surface area contributed by atoms with Crippen LogP contribution in [-0.2, 0) is 0 Å². The Kier molecular flexibility index (Phi) is 7.07. The molecule has 6 N–H and O–H groups in total. The van der Waals surface area contributed by atoms with E-state index in [-0.39, 0.29) is 11.4 Å². The molecule has 0 fully saturated rings. The lowest BCUT2D eigenvalue weighted by Gasteiger charge is -2.15. The molecule has 4 aromatic carbocycles. The van der Waals surface area contributed by atoms with Crippen molar-refractivity contribution >= 4 is 17.2 Å². The molecule has 0 aliphatic rings. The monoisotopic (exact) mass is 572 g/mol. The number of phenols is 2. The van der Waals surface area contributed by atoms with E-state index in [0.717, 1.165) is 36.4 Å². The van der Waals surface area contributed by atoms with E-state index >= 15 is 0 Å². The van der Waals surface area contributed by atoms with E-state index in [1.54, 1.807) is 0 Å². The highest BCUT2D eigenvalue weighted by Gasteiger charge is 2.37. The van der Waals surface area contributed by atoms with Gasteiger partial charge in [-0.15, -0.1) is 0 Å². The lowest BCUT2D eigenvalue weighted by atomic mass is 9.99. The second-order valence-electron chi connectivity index (χ2n) is 7.89. The zero-order valence-electron chi connectivity index (χ0n) is 19.3. The van der Waals surface area contributed by atoms with Crippen LogP contribution in [0.25, 0.3) is 0 Å². The number of nitrogen functional groups attached to an aromatic ring is 2. The van der Waals surface area contributed by atoms with E-state index in [9.17, 15) is 50.1 Å². The molecule has 40 heavy (non-hydrogen) atoms. The first kappa shape index (κ1) is 27.8. The Balaban J connectivity index is 1.79. The Morgan fingerprint density at radius 1 is 0.550 bits per heavy atom. The number of aromatic hydroxyl groups is 2. The number of ketones is 1. The predicted octanol–water partition coefficient (Wildman–Crippen LogP) is 6.19. The summed E-state index contributed by atoms with van der Waals surface area (Å²) in [7, 11) is 0. The maximum atomic E-state index is 14.8. The van der Waals surface area contributed by atoms with E-state index in [1.165, 1.54) is 0 Å². The van der Waals surface area contributed by atoms with Crippen LogP contribution in [0.3, 0.4) is 0 Å². The first-order valence-corrected chi connectivity index (χ1v) is 10.5. The van der Waals surface area contributed by atoms with Crippen LogP contribution >= 0.6 is 0 Å². The summed E-state index contributed by atoms with van der Waals surface area (Å²) in [5.74, 6) is -27.6. The van der Waals surface area contributed by atoms with Gasteiger partial charge in [0.25, 0.3) is 0 Å². The number of halogens is 8. The second kappa shape index (κ2) is 10.2. The van der Waals surface area contributed by atoms with Gasteiger partial charge in [-0.1, -0.05) is 0 Å². The molecule has 4 rings (SSSR count). The third-order valence-corrected chi connectivity index (χ3v) is 5.34. The molecule has 4 aromatic rings. The van der Waals surface area contributed by atoms with Crippen LogP contribution in [0.5, 0.6) is 34.5 Å². The van der Waals surface area contributed by atoms with Gasteiger partial charge in [0.15, 0.2) is 23.3 Å². The predicted molar refractivity (Wildman–Crippen MR) is 121 cm³/mol. The van der Waals surface area contributed by atoms with Crippen LogP contribution in [0.15, 0.2) is 36.4 Å². The van der Waals surface area contributed by atoms with Crippen molar-refractivity contribution in [3.8, 4) is 34.5 Å². The smallest absolute Gasteiger partial charge is 0.205 e. The van der Waals surface area contributed by atoms with Crippen molar-refractivity contribution in [2.75, 3.05) is 11.5 Å². The summed E-state index contributed by atoms with van der Waals surface area (Å²) in [5, 5.41) is 18.8. The summed E-state index contributed by atoms with van der Waals surface area (Å²) in [4.78, 5) is 12.6. The van der Waals surface area contributed by atoms with E-state index in [2.05, 4.69) is 0 Å². The molecule has 0 spiro atoms. The van der Waals surface area contributed by atoms with E-state index < -0.39 is 97.9 Å². The molecule has 0 saturated heterocycles. The van der Waals surface area contributed by atoms with Crippen LogP contribution < -0.4 is 20.9 Å². The van der Waals surface area contributed by atoms with Crippen LogP contribution in [0.2, 0.25) is 0 Å². The number of ether oxygens (including phenoxy) is 2. The van der Waals surface area contributed by atoms with Crippen molar-refractivity contribution in [2.24, 2.45) is 0 Å². The lowest BCUT2D eigenvalue weighted by Crippen LogP contribution is -2.18. The van der Waals surface area contributed by atoms with Gasteiger partial charge in [0.2, 0.25) is 40.6 Å². The molecule has 0 unspecified atom stereocenters. The SMILES string of the molecule is Nc1cc(Oc2c(F)c(F)c(C(=O)c3c(F)c(F)c(Oc4ccc(O)c(N)c4)c(F)c3F)c(F)c2F)ccc1O. The molecule has 0 aliphatic heterocycles. The van der Waals surface area contributed by atoms with Crippen molar-refractivity contribution in [3.05, 3.63) is 94.1 Å². The Morgan fingerprint density at radius 3 is 1.12 bits per heavy atom. The molecule has 0 saturated carbocycles. The third kappa shape index (κ3) is 4.61. The van der Waals surface area contributed by atoms with E-state index in [4.69, 9.17) is 20.9 Å². The van der Waals surface area contributed by atoms with Gasteiger partial charge in [-0.05, 0) is 24.3 Å². The van der Waals surface area contributed by atoms with Gasteiger partial charge in [0.05, 0.1) is 11.4 Å². The largest absolute Gasteiger partial charge is 0.506 e. The van der Waals surface area contributed by atoms with Gasteiger partial charge in [0.1, 0.15) is 34.1 Å². The van der Waals surface area contributed by atoms with Gasteiger partial charge >= 0.3 is 0 Å². The summed E-state index contributed by atoms with van der Waals surface area (Å²) in [6, 6.07) is 5.23. The van der Waals surface area contributed by atoms with Crippen molar-refractivity contribution in [3.63, 3.8) is 0 Å². The van der Waals surface area contributed by atoms with Gasteiger partial charge in [-0.25, -0.2) is 17.6 Å². The van der Waals surface area contributed by atoms with E-state index in [1.807, 2.05) is 0 Å². The number of carbonyl (C=O) groups is 1. The second-order valence-corrected chi connectivity index (χ2v) is 7.89. The number of hydrogen-bond acceptors (Lipinski definition) is 7. The third-order valence-electron chi connectivity index (χ3n) is 5.34. The molecule has 7 nitrogen and oxygen atoms in total. The van der Waals surface area contributed by atoms with Gasteiger partial charge in [0, 0.05) is 12.1 Å². The molecule has 208 valence electrons. The minimum atomic E-state index is -2.52. The Labute approximate surface area is 217 Å². The maximum absolute atomic E-state index is 14.8. The van der Waals surface area contributed by atoms with Crippen LogP contribution in [0.4, 0.5) is 46.5 Å². The highest BCUT2D eigenvalue weighted by atomic mass is 19.2. The first-order valence-electron chi connectivity index (χ1n) is 10.5. The Hall–Kier alpha value is -5.21. The molecular weight excluding hydrogens is 560 g/mol. The summed E-state index contributed by atoms with van der Waals surface area (Å²) in [6.45, 7) is 0. The summed E-state index contributed by atoms with van der Waals surface area (Å²) < 4.78 is 127. The average Bonchev–Trinajstić information content (AvgIpc) is 2.91. The molecular formula is C25H12F8N2O5. The van der Waals surface area contributed by atoms with Crippen molar-refractivity contribution < 1.29 is 59.6 Å². The van der Waals surface area contributed by atoms with Gasteiger partial charge in [-0.3, -0.25) is 4.79 Å². The fourth-order valence-corrected chi connectivity index (χ4v) is 3.35. The average molecular weight is 572 g/mol. The molecule has 0 bridgehead atoms. The normalized spacial score (nSPS) is 11.0. The first-order chi connectivity index (χ1) is 18.7. The molecule has 0 aliphatic carbocycles. The topological polar surface area (TPSA) is 128 Å². The number of hydrogen-bond donors (Lipinski definition) is 4. The number of benzene rings is 4. The number of nitrogens with two attached hydrogens (primary N) is 2. The molecule has 0 amide bonds. The minimum Gasteiger partial charge on any atom is -0.506 e. The molecule has 0 heterocycles. The molecule has 15 heteroatoms. The van der Waals surface area contributed by atoms with Gasteiger partial charge in [-0.2, -0.15) is 17.6 Å². The molecule has 0 radical (unpaired) electrons. The maximum Gasteiger partial charge on any atom is 0.205 e. The van der Waals surface area contributed by atoms with Crippen molar-refractivity contribution in [2.45, 2.75) is 0 Å². The number of carbonyl (C=O) groups excluding carboxylic acids is 1. The summed E-state index contributed by atoms with van der Waals surface area (Å²) >= 11 is 0. The fourth-order valence-electron chi connectivity index (χ4n) is 3.35. The van der Waals surface area contributed by atoms with Crippen LogP contribution in [0.1, 0.15) is 15.9 Å². The fraction of sp³-hybridized carbons (Fsp3) is 0. The minimum absolute atomic E-state index is 0.359. The molecule has 0 atom stereocenters. The lowest BCUT2D eigenvalue weighted by molar-refractivity contribution is 0.101. The quantitative estimate of drug-likeness (QED) is 0.0713. The molecule has 0 aromatic heterocycles. The highest BCUT2D eigenvalue weighted by Crippen LogP contribution is 2.39. The van der Waals surface area contributed by atoms with Crippen molar-refractivity contribution in [1.29, 1.82) is 0 Å². The number of phenolic OH excluding ortho intramolecular Hbond substituents is 2. The number of anilines is 2.